The quantitative estimate of drug-likeness (QED) is 0.837. The van der Waals surface area contributed by atoms with Crippen molar-refractivity contribution < 1.29 is 9.53 Å². The Balaban J connectivity index is 1.43. The number of rotatable bonds is 5. The number of carbonyl (C=O) groups excluding carboxylic acids is 1. The van der Waals surface area contributed by atoms with Gasteiger partial charge in [0.15, 0.2) is 0 Å². The highest BCUT2D eigenvalue weighted by Gasteiger charge is 2.51. The number of carbonyl (C=O) groups is 1. The predicted octanol–water partition coefficient (Wildman–Crippen LogP) is 2.45. The molecule has 0 N–H and O–H groups in total. The highest BCUT2D eigenvalue weighted by Crippen LogP contribution is 2.49. The second kappa shape index (κ2) is 5.86. The molecular weight excluding hydrogens is 290 g/mol. The monoisotopic (exact) mass is 315 g/mol. The van der Waals surface area contributed by atoms with Crippen molar-refractivity contribution >= 4 is 5.91 Å². The Hall–Kier alpha value is -1.49. The van der Waals surface area contributed by atoms with Crippen molar-refractivity contribution in [3.8, 4) is 0 Å². The molecule has 1 amide bonds. The van der Waals surface area contributed by atoms with Crippen LogP contribution < -0.4 is 0 Å². The normalized spacial score (nSPS) is 29.8. The summed E-state index contributed by atoms with van der Waals surface area (Å²) in [5.41, 5.74) is 1.48. The highest BCUT2D eigenvalue weighted by atomic mass is 16.5. The van der Waals surface area contributed by atoms with E-state index in [2.05, 4.69) is 9.97 Å². The average molecular weight is 315 g/mol. The molecule has 4 rings (SSSR count). The second-order valence-corrected chi connectivity index (χ2v) is 7.64. The van der Waals surface area contributed by atoms with Crippen molar-refractivity contribution in [2.75, 3.05) is 26.3 Å². The van der Waals surface area contributed by atoms with Gasteiger partial charge in [0.2, 0.25) is 0 Å². The van der Waals surface area contributed by atoms with Gasteiger partial charge in [0.05, 0.1) is 18.5 Å². The Kier molecular flexibility index (Phi) is 3.84. The van der Waals surface area contributed by atoms with Crippen LogP contribution >= 0.6 is 0 Å². The first-order valence-electron chi connectivity index (χ1n) is 8.82. The molecule has 0 bridgehead atoms. The summed E-state index contributed by atoms with van der Waals surface area (Å²) in [6.07, 6.45) is 9.59. The molecule has 23 heavy (non-hydrogen) atoms. The van der Waals surface area contributed by atoms with Crippen LogP contribution in [0.2, 0.25) is 0 Å². The van der Waals surface area contributed by atoms with Crippen molar-refractivity contribution in [1.82, 2.24) is 14.9 Å². The summed E-state index contributed by atoms with van der Waals surface area (Å²) in [5, 5.41) is 0. The van der Waals surface area contributed by atoms with Crippen molar-refractivity contribution in [1.29, 1.82) is 0 Å². The zero-order valence-electron chi connectivity index (χ0n) is 13.8. The number of hydrogen-bond acceptors (Lipinski definition) is 4. The van der Waals surface area contributed by atoms with E-state index >= 15 is 0 Å². The van der Waals surface area contributed by atoms with Crippen molar-refractivity contribution in [3.05, 3.63) is 23.8 Å². The zero-order valence-corrected chi connectivity index (χ0v) is 13.8. The zero-order chi connectivity index (χ0) is 15.9. The maximum Gasteiger partial charge on any atom is 0.274 e. The lowest BCUT2D eigenvalue weighted by Crippen LogP contribution is -2.35. The third kappa shape index (κ3) is 2.99. The van der Waals surface area contributed by atoms with Crippen molar-refractivity contribution in [2.45, 2.75) is 39.0 Å². The summed E-state index contributed by atoms with van der Waals surface area (Å²) < 4.78 is 6.03. The molecule has 2 atom stereocenters. The summed E-state index contributed by atoms with van der Waals surface area (Å²) in [4.78, 5) is 23.1. The van der Waals surface area contributed by atoms with Gasteiger partial charge in [0.1, 0.15) is 5.69 Å². The van der Waals surface area contributed by atoms with E-state index in [9.17, 15) is 4.79 Å². The van der Waals surface area contributed by atoms with Crippen LogP contribution in [0.4, 0.5) is 0 Å². The van der Waals surface area contributed by atoms with Gasteiger partial charge < -0.3 is 9.64 Å². The van der Waals surface area contributed by atoms with Crippen LogP contribution in [-0.4, -0.2) is 47.1 Å². The lowest BCUT2D eigenvalue weighted by molar-refractivity contribution is 0.0306. The summed E-state index contributed by atoms with van der Waals surface area (Å²) in [6, 6.07) is 0. The molecule has 3 fully saturated rings. The number of likely N-dealkylation sites (tertiary alicyclic amines) is 1. The van der Waals surface area contributed by atoms with E-state index in [0.29, 0.717) is 11.6 Å². The smallest absolute Gasteiger partial charge is 0.274 e. The number of amides is 1. The molecule has 0 radical (unpaired) electrons. The van der Waals surface area contributed by atoms with Crippen molar-refractivity contribution in [2.24, 2.45) is 17.3 Å². The molecule has 5 heteroatoms. The minimum Gasteiger partial charge on any atom is -0.381 e. The molecule has 2 saturated carbocycles. The predicted molar refractivity (Wildman–Crippen MR) is 86.0 cm³/mol. The molecule has 5 nitrogen and oxygen atoms in total. The average Bonchev–Trinajstić information content (AvgIpc) is 3.17. The van der Waals surface area contributed by atoms with E-state index in [0.717, 1.165) is 37.9 Å². The van der Waals surface area contributed by atoms with E-state index in [1.807, 2.05) is 11.8 Å². The molecule has 0 spiro atoms. The molecule has 3 aliphatic rings. The van der Waals surface area contributed by atoms with Gasteiger partial charge in [-0.3, -0.25) is 9.78 Å². The first-order chi connectivity index (χ1) is 11.2. The van der Waals surface area contributed by atoms with Crippen LogP contribution in [-0.2, 0) is 4.74 Å². The largest absolute Gasteiger partial charge is 0.381 e. The second-order valence-electron chi connectivity index (χ2n) is 7.64. The van der Waals surface area contributed by atoms with E-state index in [1.54, 1.807) is 12.4 Å². The fourth-order valence-corrected chi connectivity index (χ4v) is 4.18. The Labute approximate surface area is 137 Å². The maximum absolute atomic E-state index is 12.7. The number of nitrogens with zero attached hydrogens (tertiary/aromatic N) is 3. The molecule has 1 aromatic rings. The van der Waals surface area contributed by atoms with E-state index in [1.165, 1.54) is 32.1 Å². The number of aromatic nitrogens is 2. The van der Waals surface area contributed by atoms with Gasteiger partial charge in [0, 0.05) is 31.3 Å². The lowest BCUT2D eigenvalue weighted by Gasteiger charge is -2.28. The van der Waals surface area contributed by atoms with Gasteiger partial charge in [-0.1, -0.05) is 6.42 Å². The fourth-order valence-electron chi connectivity index (χ4n) is 4.18. The molecule has 2 heterocycles. The number of fused-ring (bicyclic) bond motifs is 1. The highest BCUT2D eigenvalue weighted by molar-refractivity contribution is 5.92. The Bertz CT molecular complexity index is 584. The van der Waals surface area contributed by atoms with Crippen molar-refractivity contribution in [3.63, 3.8) is 0 Å². The van der Waals surface area contributed by atoms with Crippen LogP contribution in [0.25, 0.3) is 0 Å². The van der Waals surface area contributed by atoms with Crippen LogP contribution in [0.5, 0.6) is 0 Å². The van der Waals surface area contributed by atoms with E-state index < -0.39 is 0 Å². The molecule has 0 aromatic carbocycles. The first kappa shape index (κ1) is 15.1. The minimum absolute atomic E-state index is 0.0217. The summed E-state index contributed by atoms with van der Waals surface area (Å²) in [7, 11) is 0. The fraction of sp³-hybridized carbons (Fsp3) is 0.722. The van der Waals surface area contributed by atoms with E-state index in [4.69, 9.17) is 4.74 Å². The van der Waals surface area contributed by atoms with Gasteiger partial charge in [-0.2, -0.15) is 0 Å². The number of aryl methyl sites for hydroxylation is 1. The van der Waals surface area contributed by atoms with Crippen LogP contribution in [0, 0.1) is 24.2 Å². The molecule has 0 unspecified atom stereocenters. The Morgan fingerprint density at radius 1 is 1.35 bits per heavy atom. The van der Waals surface area contributed by atoms with Gasteiger partial charge in [-0.05, 0) is 44.4 Å². The maximum atomic E-state index is 12.7. The molecule has 1 aliphatic heterocycles. The SMILES string of the molecule is Cc1cnc(C(=O)N2C[C@@H]3CCC[C@]3(COCC3CC3)C2)cn1. The molecular formula is C18H25N3O2. The van der Waals surface area contributed by atoms with Gasteiger partial charge in [-0.15, -0.1) is 0 Å². The topological polar surface area (TPSA) is 55.3 Å². The Morgan fingerprint density at radius 2 is 2.22 bits per heavy atom. The standard InChI is InChI=1S/C18H25N3O2/c1-13-7-20-16(8-19-13)17(22)21-9-15-3-2-6-18(15,11-21)12-23-10-14-4-5-14/h7-8,14-15H,2-6,9-12H2,1H3/t15-,18+/m0/s1. The number of hydrogen-bond donors (Lipinski definition) is 0. The molecule has 2 aliphatic carbocycles. The first-order valence-corrected chi connectivity index (χ1v) is 8.82. The van der Waals surface area contributed by atoms with Gasteiger partial charge in [-0.25, -0.2) is 4.98 Å². The van der Waals surface area contributed by atoms with Crippen LogP contribution in [0.1, 0.15) is 48.3 Å². The molecule has 124 valence electrons. The third-order valence-electron chi connectivity index (χ3n) is 5.77. The summed E-state index contributed by atoms with van der Waals surface area (Å²) in [5.74, 6) is 1.41. The molecule has 1 saturated heterocycles. The summed E-state index contributed by atoms with van der Waals surface area (Å²) >= 11 is 0. The van der Waals surface area contributed by atoms with Gasteiger partial charge >= 0.3 is 0 Å². The van der Waals surface area contributed by atoms with Crippen LogP contribution in [0.3, 0.4) is 0 Å². The third-order valence-corrected chi connectivity index (χ3v) is 5.77. The van der Waals surface area contributed by atoms with E-state index in [-0.39, 0.29) is 11.3 Å². The van der Waals surface area contributed by atoms with Crippen LogP contribution in [0.15, 0.2) is 12.4 Å². The minimum atomic E-state index is 0.0217. The van der Waals surface area contributed by atoms with Gasteiger partial charge in [0.25, 0.3) is 5.91 Å². The molecule has 1 aromatic heterocycles. The summed E-state index contributed by atoms with van der Waals surface area (Å²) in [6.45, 7) is 5.27. The lowest BCUT2D eigenvalue weighted by atomic mass is 9.81. The number of ether oxygens (including phenoxy) is 1. The Morgan fingerprint density at radius 3 is 2.96 bits per heavy atom.